The molecule has 1 N–H and O–H groups in total. The van der Waals surface area contributed by atoms with E-state index in [1.165, 1.54) is 18.2 Å². The van der Waals surface area contributed by atoms with E-state index in [0.717, 1.165) is 19.4 Å². The monoisotopic (exact) mass is 280 g/mol. The summed E-state index contributed by atoms with van der Waals surface area (Å²) in [5.74, 6) is -0.789. The maximum Gasteiger partial charge on any atom is 0.260 e. The molecule has 2 rings (SSSR count). The van der Waals surface area contributed by atoms with Gasteiger partial charge in [0.05, 0.1) is 0 Å². The van der Waals surface area contributed by atoms with E-state index >= 15 is 0 Å². The maximum atomic E-state index is 13.7. The summed E-state index contributed by atoms with van der Waals surface area (Å²) < 4.78 is 13.7. The molecular weight excluding hydrogens is 259 g/mol. The van der Waals surface area contributed by atoms with Gasteiger partial charge in [-0.25, -0.2) is 4.39 Å². The van der Waals surface area contributed by atoms with Gasteiger partial charge in [0.25, 0.3) is 5.91 Å². The lowest BCUT2D eigenvalue weighted by molar-refractivity contribution is 0.0670. The highest BCUT2D eigenvalue weighted by atomic mass is 19.1. The largest absolute Gasteiger partial charge is 0.507 e. The molecule has 20 heavy (non-hydrogen) atoms. The van der Waals surface area contributed by atoms with Gasteiger partial charge in [0.2, 0.25) is 0 Å². The van der Waals surface area contributed by atoms with Crippen LogP contribution in [0.2, 0.25) is 0 Å². The minimum atomic E-state index is -0.662. The summed E-state index contributed by atoms with van der Waals surface area (Å²) in [5.41, 5.74) is -0.210. The Morgan fingerprint density at radius 2 is 2.05 bits per heavy atom. The van der Waals surface area contributed by atoms with Gasteiger partial charge in [0, 0.05) is 19.6 Å². The van der Waals surface area contributed by atoms with Gasteiger partial charge in [-0.05, 0) is 45.0 Å². The molecule has 1 aromatic carbocycles. The Bertz CT molecular complexity index is 463. The van der Waals surface area contributed by atoms with E-state index in [9.17, 15) is 14.3 Å². The minimum Gasteiger partial charge on any atom is -0.507 e. The van der Waals surface area contributed by atoms with Crippen LogP contribution < -0.4 is 0 Å². The first-order valence-electron chi connectivity index (χ1n) is 6.90. The number of rotatable bonds is 3. The van der Waals surface area contributed by atoms with E-state index in [2.05, 4.69) is 4.90 Å². The SMILES string of the molecule is CN(C)CC1CCN(C(=O)c2c(O)cccc2F)CC1. The normalized spacial score (nSPS) is 16.7. The topological polar surface area (TPSA) is 43.8 Å². The van der Waals surface area contributed by atoms with Crippen LogP contribution in [0, 0.1) is 11.7 Å². The molecule has 0 radical (unpaired) electrons. The molecule has 0 bridgehead atoms. The second-order valence-corrected chi connectivity index (χ2v) is 5.63. The predicted octanol–water partition coefficient (Wildman–Crippen LogP) is 1.95. The molecule has 1 fully saturated rings. The Morgan fingerprint density at radius 3 is 2.60 bits per heavy atom. The Morgan fingerprint density at radius 1 is 1.40 bits per heavy atom. The second-order valence-electron chi connectivity index (χ2n) is 5.63. The zero-order valence-corrected chi connectivity index (χ0v) is 12.0. The number of hydrogen-bond acceptors (Lipinski definition) is 3. The zero-order valence-electron chi connectivity index (χ0n) is 12.0. The van der Waals surface area contributed by atoms with Gasteiger partial charge in [-0.15, -0.1) is 0 Å². The number of halogens is 1. The van der Waals surface area contributed by atoms with Crippen LogP contribution in [0.3, 0.4) is 0 Å². The number of carbonyl (C=O) groups is 1. The lowest BCUT2D eigenvalue weighted by Gasteiger charge is -2.33. The highest BCUT2D eigenvalue weighted by molar-refractivity contribution is 5.97. The smallest absolute Gasteiger partial charge is 0.260 e. The average molecular weight is 280 g/mol. The van der Waals surface area contributed by atoms with Crippen LogP contribution >= 0.6 is 0 Å². The lowest BCUT2D eigenvalue weighted by atomic mass is 9.96. The maximum absolute atomic E-state index is 13.7. The molecule has 1 heterocycles. The van der Waals surface area contributed by atoms with Gasteiger partial charge in [-0.3, -0.25) is 4.79 Å². The first-order chi connectivity index (χ1) is 9.49. The van der Waals surface area contributed by atoms with Crippen molar-refractivity contribution in [3.8, 4) is 5.75 Å². The number of hydrogen-bond donors (Lipinski definition) is 1. The molecule has 1 aliphatic heterocycles. The summed E-state index contributed by atoms with van der Waals surface area (Å²) in [4.78, 5) is 16.1. The standard InChI is InChI=1S/C15H21FN2O2/c1-17(2)10-11-6-8-18(9-7-11)15(20)14-12(16)4-3-5-13(14)19/h3-5,11,19H,6-10H2,1-2H3. The summed E-state index contributed by atoms with van der Waals surface area (Å²) in [6.45, 7) is 2.24. The Hall–Kier alpha value is -1.62. The quantitative estimate of drug-likeness (QED) is 0.920. The average Bonchev–Trinajstić information content (AvgIpc) is 2.38. The Balaban J connectivity index is 2.02. The molecule has 0 atom stereocenters. The Labute approximate surface area is 118 Å². The minimum absolute atomic E-state index is 0.210. The van der Waals surface area contributed by atoms with Crippen molar-refractivity contribution in [2.45, 2.75) is 12.8 Å². The molecule has 110 valence electrons. The molecule has 1 aliphatic rings. The molecule has 0 saturated carbocycles. The van der Waals surface area contributed by atoms with E-state index in [0.29, 0.717) is 19.0 Å². The third-order valence-corrected chi connectivity index (χ3v) is 3.73. The van der Waals surface area contributed by atoms with Crippen molar-refractivity contribution < 1.29 is 14.3 Å². The van der Waals surface area contributed by atoms with E-state index in [4.69, 9.17) is 0 Å². The lowest BCUT2D eigenvalue weighted by Crippen LogP contribution is -2.41. The van der Waals surface area contributed by atoms with Crippen LogP contribution in [0.25, 0.3) is 0 Å². The van der Waals surface area contributed by atoms with Gasteiger partial charge in [-0.2, -0.15) is 0 Å². The molecule has 0 unspecified atom stereocenters. The van der Waals surface area contributed by atoms with Crippen LogP contribution in [0.5, 0.6) is 5.75 Å². The molecule has 1 saturated heterocycles. The van der Waals surface area contributed by atoms with E-state index in [1.54, 1.807) is 4.90 Å². The summed E-state index contributed by atoms with van der Waals surface area (Å²) in [7, 11) is 4.07. The molecule has 4 nitrogen and oxygen atoms in total. The zero-order chi connectivity index (χ0) is 14.7. The number of amides is 1. The molecule has 1 aromatic rings. The number of phenols is 1. The third-order valence-electron chi connectivity index (χ3n) is 3.73. The summed E-state index contributed by atoms with van der Waals surface area (Å²) in [6.07, 6.45) is 1.83. The van der Waals surface area contributed by atoms with Crippen LogP contribution in [-0.4, -0.2) is 54.5 Å². The number of phenolic OH excluding ortho intramolecular Hbond substituents is 1. The number of piperidine rings is 1. The van der Waals surface area contributed by atoms with Gasteiger partial charge < -0.3 is 14.9 Å². The van der Waals surface area contributed by atoms with Gasteiger partial charge in [0.15, 0.2) is 0 Å². The van der Waals surface area contributed by atoms with Crippen molar-refractivity contribution in [2.24, 2.45) is 5.92 Å². The van der Waals surface area contributed by atoms with Crippen molar-refractivity contribution in [2.75, 3.05) is 33.7 Å². The first kappa shape index (κ1) is 14.8. The Kier molecular flexibility index (Phi) is 4.60. The van der Waals surface area contributed by atoms with Crippen molar-refractivity contribution in [1.82, 2.24) is 9.80 Å². The molecular formula is C15H21FN2O2. The second kappa shape index (κ2) is 6.22. The van der Waals surface area contributed by atoms with Crippen LogP contribution in [0.1, 0.15) is 23.2 Å². The van der Waals surface area contributed by atoms with E-state index in [-0.39, 0.29) is 11.3 Å². The predicted molar refractivity (Wildman–Crippen MR) is 75.2 cm³/mol. The number of nitrogens with zero attached hydrogens (tertiary/aromatic N) is 2. The van der Waals surface area contributed by atoms with Gasteiger partial charge in [0.1, 0.15) is 17.1 Å². The number of benzene rings is 1. The first-order valence-corrected chi connectivity index (χ1v) is 6.90. The van der Waals surface area contributed by atoms with Crippen LogP contribution in [0.4, 0.5) is 4.39 Å². The fraction of sp³-hybridized carbons (Fsp3) is 0.533. The molecule has 1 amide bonds. The number of carbonyl (C=O) groups excluding carboxylic acids is 1. The molecule has 0 aromatic heterocycles. The fourth-order valence-corrected chi connectivity index (χ4v) is 2.72. The van der Waals surface area contributed by atoms with Crippen molar-refractivity contribution in [3.63, 3.8) is 0 Å². The van der Waals surface area contributed by atoms with Gasteiger partial charge in [-0.1, -0.05) is 6.07 Å². The van der Waals surface area contributed by atoms with Crippen molar-refractivity contribution >= 4 is 5.91 Å². The van der Waals surface area contributed by atoms with Gasteiger partial charge >= 0.3 is 0 Å². The van der Waals surface area contributed by atoms with E-state index in [1.807, 2.05) is 14.1 Å². The molecule has 5 heteroatoms. The highest BCUT2D eigenvalue weighted by Crippen LogP contribution is 2.25. The summed E-state index contributed by atoms with van der Waals surface area (Å²) in [6, 6.07) is 3.94. The van der Waals surface area contributed by atoms with Crippen LogP contribution in [0.15, 0.2) is 18.2 Å². The number of aromatic hydroxyl groups is 1. The highest BCUT2D eigenvalue weighted by Gasteiger charge is 2.27. The van der Waals surface area contributed by atoms with Crippen molar-refractivity contribution in [3.05, 3.63) is 29.6 Å². The molecule has 0 aliphatic carbocycles. The molecule has 0 spiro atoms. The third kappa shape index (κ3) is 3.28. The van der Waals surface area contributed by atoms with E-state index < -0.39 is 11.7 Å². The summed E-state index contributed by atoms with van der Waals surface area (Å²) >= 11 is 0. The fourth-order valence-electron chi connectivity index (χ4n) is 2.72. The van der Waals surface area contributed by atoms with Crippen molar-refractivity contribution in [1.29, 1.82) is 0 Å². The van der Waals surface area contributed by atoms with Crippen LogP contribution in [-0.2, 0) is 0 Å². The summed E-state index contributed by atoms with van der Waals surface area (Å²) in [5, 5.41) is 9.67. The number of likely N-dealkylation sites (tertiary alicyclic amines) is 1.